The van der Waals surface area contributed by atoms with Gasteiger partial charge in [0.25, 0.3) is 0 Å². The molecule has 3 N–H and O–H groups in total. The van der Waals surface area contributed by atoms with Crippen LogP contribution in [0.4, 0.5) is 0 Å². The van der Waals surface area contributed by atoms with Crippen molar-refractivity contribution >= 4 is 0 Å². The average Bonchev–Trinajstić information content (AvgIpc) is 1.90. The van der Waals surface area contributed by atoms with Gasteiger partial charge >= 0.3 is 0 Å². The fourth-order valence-corrected chi connectivity index (χ4v) is 0.675. The molecule has 2 nitrogen and oxygen atoms in total. The van der Waals surface area contributed by atoms with Crippen LogP contribution in [0.3, 0.4) is 0 Å². The van der Waals surface area contributed by atoms with Gasteiger partial charge in [0.2, 0.25) is 0 Å². The SMILES string of the molecule is NC=C1C=CC(O)=CC1. The minimum atomic E-state index is 0.320. The van der Waals surface area contributed by atoms with E-state index in [2.05, 4.69) is 0 Å². The van der Waals surface area contributed by atoms with Crippen LogP contribution >= 0.6 is 0 Å². The lowest BCUT2D eigenvalue weighted by molar-refractivity contribution is 0.429. The predicted molar refractivity (Wildman–Crippen MR) is 36.7 cm³/mol. The van der Waals surface area contributed by atoms with Crippen molar-refractivity contribution in [3.63, 3.8) is 0 Å². The second-order valence-corrected chi connectivity index (χ2v) is 1.91. The quantitative estimate of drug-likeness (QED) is 0.509. The van der Waals surface area contributed by atoms with E-state index in [4.69, 9.17) is 10.8 Å². The van der Waals surface area contributed by atoms with Gasteiger partial charge in [-0.3, -0.25) is 0 Å². The highest BCUT2D eigenvalue weighted by molar-refractivity contribution is 5.31. The molecule has 0 amide bonds. The number of hydrogen-bond donors (Lipinski definition) is 2. The first-order valence-electron chi connectivity index (χ1n) is 2.81. The van der Waals surface area contributed by atoms with E-state index in [-0.39, 0.29) is 0 Å². The van der Waals surface area contributed by atoms with Crippen molar-refractivity contribution in [2.45, 2.75) is 6.42 Å². The van der Waals surface area contributed by atoms with Gasteiger partial charge in [0.15, 0.2) is 0 Å². The summed E-state index contributed by atoms with van der Waals surface area (Å²) >= 11 is 0. The normalized spacial score (nSPS) is 22.2. The van der Waals surface area contributed by atoms with E-state index < -0.39 is 0 Å². The summed E-state index contributed by atoms with van der Waals surface area (Å²) in [5.41, 5.74) is 6.26. The summed E-state index contributed by atoms with van der Waals surface area (Å²) in [5.74, 6) is 0.320. The van der Waals surface area contributed by atoms with Crippen LogP contribution in [0.2, 0.25) is 0 Å². The third-order valence-corrected chi connectivity index (χ3v) is 1.23. The maximum Gasteiger partial charge on any atom is 0.111 e. The summed E-state index contributed by atoms with van der Waals surface area (Å²) in [5, 5.41) is 8.83. The Morgan fingerprint density at radius 3 is 2.78 bits per heavy atom. The summed E-state index contributed by atoms with van der Waals surface area (Å²) < 4.78 is 0. The summed E-state index contributed by atoms with van der Waals surface area (Å²) in [6.07, 6.45) is 7.43. The molecule has 2 heteroatoms. The fourth-order valence-electron chi connectivity index (χ4n) is 0.675. The van der Waals surface area contributed by atoms with E-state index in [0.29, 0.717) is 5.76 Å². The number of hydrogen-bond acceptors (Lipinski definition) is 2. The van der Waals surface area contributed by atoms with Crippen molar-refractivity contribution in [2.24, 2.45) is 5.73 Å². The first-order valence-corrected chi connectivity index (χ1v) is 2.81. The van der Waals surface area contributed by atoms with Crippen LogP contribution in [0.25, 0.3) is 0 Å². The molecule has 0 heterocycles. The summed E-state index contributed by atoms with van der Waals surface area (Å²) in [6, 6.07) is 0. The van der Waals surface area contributed by atoms with E-state index in [1.54, 1.807) is 24.4 Å². The van der Waals surface area contributed by atoms with Crippen LogP contribution < -0.4 is 5.73 Å². The molecule has 0 saturated heterocycles. The second kappa shape index (κ2) is 2.40. The largest absolute Gasteiger partial charge is 0.508 e. The van der Waals surface area contributed by atoms with Gasteiger partial charge in [0.05, 0.1) is 0 Å². The van der Waals surface area contributed by atoms with Gasteiger partial charge in [-0.05, 0) is 30.3 Å². The highest BCUT2D eigenvalue weighted by Crippen LogP contribution is 2.11. The standard InChI is InChI=1S/C7H9NO/c8-5-6-1-3-7(9)4-2-6/h1,3-5,9H,2,8H2. The van der Waals surface area contributed by atoms with Gasteiger partial charge in [-0.25, -0.2) is 0 Å². The zero-order chi connectivity index (χ0) is 6.69. The minimum Gasteiger partial charge on any atom is -0.508 e. The average molecular weight is 123 g/mol. The van der Waals surface area contributed by atoms with E-state index in [1.165, 1.54) is 0 Å². The van der Waals surface area contributed by atoms with Crippen LogP contribution in [0, 0.1) is 0 Å². The van der Waals surface area contributed by atoms with Crippen molar-refractivity contribution in [1.82, 2.24) is 0 Å². The molecule has 0 spiro atoms. The Kier molecular flexibility index (Phi) is 1.58. The number of nitrogens with two attached hydrogens (primary N) is 1. The van der Waals surface area contributed by atoms with Crippen molar-refractivity contribution in [3.8, 4) is 0 Å². The molecule has 0 aromatic carbocycles. The van der Waals surface area contributed by atoms with Gasteiger partial charge in [-0.1, -0.05) is 6.08 Å². The number of aliphatic hydroxyl groups excluding tert-OH is 1. The number of allylic oxidation sites excluding steroid dienone is 4. The van der Waals surface area contributed by atoms with Gasteiger partial charge in [0.1, 0.15) is 5.76 Å². The van der Waals surface area contributed by atoms with Crippen molar-refractivity contribution in [1.29, 1.82) is 0 Å². The lowest BCUT2D eigenvalue weighted by atomic mass is 10.1. The lowest BCUT2D eigenvalue weighted by Gasteiger charge is -2.01. The molecular weight excluding hydrogens is 114 g/mol. The topological polar surface area (TPSA) is 46.2 Å². The zero-order valence-electron chi connectivity index (χ0n) is 5.04. The fraction of sp³-hybridized carbons (Fsp3) is 0.143. The Hall–Kier alpha value is -1.18. The minimum absolute atomic E-state index is 0.320. The maximum absolute atomic E-state index is 8.83. The Labute approximate surface area is 54.0 Å². The lowest BCUT2D eigenvalue weighted by Crippen LogP contribution is -1.90. The molecule has 0 fully saturated rings. The molecule has 0 atom stereocenters. The van der Waals surface area contributed by atoms with Crippen LogP contribution in [-0.2, 0) is 0 Å². The molecule has 0 bridgehead atoms. The van der Waals surface area contributed by atoms with Crippen molar-refractivity contribution in [2.75, 3.05) is 0 Å². The Bertz CT molecular complexity index is 189. The van der Waals surface area contributed by atoms with Gasteiger partial charge in [-0.2, -0.15) is 0 Å². The van der Waals surface area contributed by atoms with Gasteiger partial charge in [0, 0.05) is 0 Å². The Morgan fingerprint density at radius 1 is 1.56 bits per heavy atom. The molecule has 0 aromatic heterocycles. The first kappa shape index (κ1) is 5.95. The molecule has 0 aliphatic heterocycles. The van der Waals surface area contributed by atoms with E-state index in [9.17, 15) is 0 Å². The number of aliphatic hydroxyl groups is 1. The van der Waals surface area contributed by atoms with E-state index in [0.717, 1.165) is 12.0 Å². The molecule has 0 radical (unpaired) electrons. The van der Waals surface area contributed by atoms with Crippen LogP contribution in [-0.4, -0.2) is 5.11 Å². The summed E-state index contributed by atoms with van der Waals surface area (Å²) in [4.78, 5) is 0. The molecule has 0 unspecified atom stereocenters. The Balaban J connectivity index is 2.70. The maximum atomic E-state index is 8.83. The van der Waals surface area contributed by atoms with Gasteiger partial charge in [-0.15, -0.1) is 0 Å². The summed E-state index contributed by atoms with van der Waals surface area (Å²) in [6.45, 7) is 0. The molecule has 1 aliphatic rings. The van der Waals surface area contributed by atoms with Crippen molar-refractivity contribution in [3.05, 3.63) is 35.8 Å². The highest BCUT2D eigenvalue weighted by Gasteiger charge is 1.96. The molecule has 1 aliphatic carbocycles. The highest BCUT2D eigenvalue weighted by atomic mass is 16.3. The molecule has 0 aromatic rings. The zero-order valence-corrected chi connectivity index (χ0v) is 5.04. The molecule has 48 valence electrons. The van der Waals surface area contributed by atoms with Gasteiger partial charge < -0.3 is 10.8 Å². The molecule has 0 saturated carbocycles. The van der Waals surface area contributed by atoms with Crippen LogP contribution in [0.15, 0.2) is 35.8 Å². The Morgan fingerprint density at radius 2 is 2.33 bits per heavy atom. The molecule has 9 heavy (non-hydrogen) atoms. The molecular formula is C7H9NO. The monoisotopic (exact) mass is 123 g/mol. The summed E-state index contributed by atoms with van der Waals surface area (Å²) in [7, 11) is 0. The van der Waals surface area contributed by atoms with Crippen LogP contribution in [0.1, 0.15) is 6.42 Å². The third-order valence-electron chi connectivity index (χ3n) is 1.23. The van der Waals surface area contributed by atoms with Crippen LogP contribution in [0.5, 0.6) is 0 Å². The first-order chi connectivity index (χ1) is 4.33. The van der Waals surface area contributed by atoms with E-state index in [1.807, 2.05) is 0 Å². The predicted octanol–water partition coefficient (Wildman–Crippen LogP) is 1.23. The third kappa shape index (κ3) is 1.35. The van der Waals surface area contributed by atoms with Crippen molar-refractivity contribution < 1.29 is 5.11 Å². The smallest absolute Gasteiger partial charge is 0.111 e. The van der Waals surface area contributed by atoms with E-state index >= 15 is 0 Å². The molecule has 1 rings (SSSR count). The second-order valence-electron chi connectivity index (χ2n) is 1.91. The number of rotatable bonds is 0.